The average molecular weight is 298 g/mol. The average Bonchev–Trinajstić information content (AvgIpc) is 2.50. The number of guanidine groups is 1. The normalized spacial score (nSPS) is 19.2. The molecule has 0 spiro atoms. The minimum Gasteiger partial charge on any atom is -0.379 e. The van der Waals surface area contributed by atoms with Crippen LogP contribution in [0, 0.1) is 11.8 Å². The number of aliphatic imine (C=N–C) groups is 1. The molecule has 0 aromatic carbocycles. The molecule has 124 valence electrons. The van der Waals surface area contributed by atoms with Gasteiger partial charge in [-0.05, 0) is 11.8 Å². The molecule has 21 heavy (non-hydrogen) atoms. The van der Waals surface area contributed by atoms with Crippen molar-refractivity contribution in [1.29, 1.82) is 0 Å². The number of nitrogens with zero attached hydrogens (tertiary/aromatic N) is 2. The van der Waals surface area contributed by atoms with Crippen LogP contribution in [0.3, 0.4) is 0 Å². The fourth-order valence-electron chi connectivity index (χ4n) is 2.88. The number of hydrogen-bond acceptors (Lipinski definition) is 3. The summed E-state index contributed by atoms with van der Waals surface area (Å²) in [5, 5.41) is 3.33. The summed E-state index contributed by atoms with van der Waals surface area (Å²) in [5.41, 5.74) is 5.98. The zero-order valence-corrected chi connectivity index (χ0v) is 14.3. The Morgan fingerprint density at radius 2 is 1.86 bits per heavy atom. The molecule has 0 aromatic rings. The number of ether oxygens (including phenoxy) is 1. The van der Waals surface area contributed by atoms with Gasteiger partial charge in [-0.25, -0.2) is 0 Å². The minimum absolute atomic E-state index is 0.511. The standard InChI is InChI=1S/C16H34N4O/c1-5-14(6-2)15(20-7-9-21-10-8-20)12-19-16(17)18-11-13(3)4/h13-15H,5-12H2,1-4H3,(H3,17,18,19). The van der Waals surface area contributed by atoms with E-state index in [0.29, 0.717) is 23.8 Å². The molecule has 0 aromatic heterocycles. The molecule has 5 heteroatoms. The molecule has 3 N–H and O–H groups in total. The Labute approximate surface area is 130 Å². The van der Waals surface area contributed by atoms with Crippen LogP contribution in [0.1, 0.15) is 40.5 Å². The summed E-state index contributed by atoms with van der Waals surface area (Å²) in [5.74, 6) is 1.81. The second-order valence-corrected chi connectivity index (χ2v) is 6.29. The van der Waals surface area contributed by atoms with Gasteiger partial charge in [0.25, 0.3) is 0 Å². The maximum absolute atomic E-state index is 5.98. The van der Waals surface area contributed by atoms with Gasteiger partial charge in [0.2, 0.25) is 0 Å². The zero-order valence-electron chi connectivity index (χ0n) is 14.3. The maximum Gasteiger partial charge on any atom is 0.188 e. The monoisotopic (exact) mass is 298 g/mol. The third-order valence-electron chi connectivity index (χ3n) is 4.23. The molecule has 1 heterocycles. The van der Waals surface area contributed by atoms with Crippen molar-refractivity contribution >= 4 is 5.96 Å². The SMILES string of the molecule is CCC(CC)C(CNC(N)=NCC(C)C)N1CCOCC1. The van der Waals surface area contributed by atoms with Crippen molar-refractivity contribution in [2.24, 2.45) is 22.6 Å². The van der Waals surface area contributed by atoms with Crippen LogP contribution in [0.2, 0.25) is 0 Å². The van der Waals surface area contributed by atoms with Gasteiger partial charge in [0.05, 0.1) is 13.2 Å². The Kier molecular flexibility index (Phi) is 8.69. The summed E-state index contributed by atoms with van der Waals surface area (Å²) in [6.07, 6.45) is 2.40. The highest BCUT2D eigenvalue weighted by Crippen LogP contribution is 2.19. The van der Waals surface area contributed by atoms with Gasteiger partial charge in [0.15, 0.2) is 5.96 Å². The fraction of sp³-hybridized carbons (Fsp3) is 0.938. The van der Waals surface area contributed by atoms with Crippen LogP contribution in [0.25, 0.3) is 0 Å². The molecular formula is C16H34N4O. The van der Waals surface area contributed by atoms with E-state index in [2.05, 4.69) is 42.9 Å². The van der Waals surface area contributed by atoms with Gasteiger partial charge in [-0.1, -0.05) is 40.5 Å². The van der Waals surface area contributed by atoms with Crippen molar-refractivity contribution in [2.75, 3.05) is 39.4 Å². The van der Waals surface area contributed by atoms with Gasteiger partial charge >= 0.3 is 0 Å². The molecule has 0 amide bonds. The van der Waals surface area contributed by atoms with E-state index in [1.807, 2.05) is 0 Å². The fourth-order valence-corrected chi connectivity index (χ4v) is 2.88. The van der Waals surface area contributed by atoms with Crippen molar-refractivity contribution in [3.05, 3.63) is 0 Å². The molecule has 1 aliphatic heterocycles. The van der Waals surface area contributed by atoms with Crippen molar-refractivity contribution < 1.29 is 4.74 Å². The van der Waals surface area contributed by atoms with Gasteiger partial charge in [-0.15, -0.1) is 0 Å². The predicted octanol–water partition coefficient (Wildman–Crippen LogP) is 1.68. The third kappa shape index (κ3) is 6.66. The summed E-state index contributed by atoms with van der Waals surface area (Å²) in [6, 6.07) is 0.511. The molecule has 0 radical (unpaired) electrons. The Hall–Kier alpha value is -0.810. The quantitative estimate of drug-likeness (QED) is 0.529. The largest absolute Gasteiger partial charge is 0.379 e. The molecule has 1 unspecified atom stereocenters. The van der Waals surface area contributed by atoms with Crippen molar-refractivity contribution in [3.63, 3.8) is 0 Å². The lowest BCUT2D eigenvalue weighted by molar-refractivity contribution is 0.00275. The lowest BCUT2D eigenvalue weighted by Crippen LogP contribution is -2.52. The van der Waals surface area contributed by atoms with Gasteiger partial charge < -0.3 is 15.8 Å². The first-order valence-corrected chi connectivity index (χ1v) is 8.44. The molecule has 1 fully saturated rings. The third-order valence-corrected chi connectivity index (χ3v) is 4.23. The Morgan fingerprint density at radius 3 is 2.38 bits per heavy atom. The summed E-state index contributed by atoms with van der Waals surface area (Å²) in [6.45, 7) is 14.2. The van der Waals surface area contributed by atoms with E-state index < -0.39 is 0 Å². The first-order valence-electron chi connectivity index (χ1n) is 8.44. The summed E-state index contributed by atoms with van der Waals surface area (Å²) < 4.78 is 5.48. The van der Waals surface area contributed by atoms with E-state index in [1.54, 1.807) is 0 Å². The van der Waals surface area contributed by atoms with Crippen molar-refractivity contribution in [2.45, 2.75) is 46.6 Å². The lowest BCUT2D eigenvalue weighted by Gasteiger charge is -2.38. The number of nitrogens with one attached hydrogen (secondary N) is 1. The van der Waals surface area contributed by atoms with Gasteiger partial charge in [-0.3, -0.25) is 9.89 Å². The van der Waals surface area contributed by atoms with Crippen LogP contribution in [-0.4, -0.2) is 56.3 Å². The van der Waals surface area contributed by atoms with E-state index in [0.717, 1.165) is 39.4 Å². The van der Waals surface area contributed by atoms with E-state index in [1.165, 1.54) is 12.8 Å². The number of hydrogen-bond donors (Lipinski definition) is 2. The van der Waals surface area contributed by atoms with Crippen LogP contribution in [-0.2, 0) is 4.74 Å². The second-order valence-electron chi connectivity index (χ2n) is 6.29. The highest BCUT2D eigenvalue weighted by Gasteiger charge is 2.26. The van der Waals surface area contributed by atoms with Crippen molar-refractivity contribution in [1.82, 2.24) is 10.2 Å². The number of nitrogens with two attached hydrogens (primary N) is 1. The van der Waals surface area contributed by atoms with Gasteiger partial charge in [0.1, 0.15) is 0 Å². The summed E-state index contributed by atoms with van der Waals surface area (Å²) >= 11 is 0. The van der Waals surface area contributed by atoms with E-state index >= 15 is 0 Å². The first kappa shape index (κ1) is 18.2. The minimum atomic E-state index is 0.511. The predicted molar refractivity (Wildman–Crippen MR) is 89.6 cm³/mol. The zero-order chi connectivity index (χ0) is 15.7. The Morgan fingerprint density at radius 1 is 1.24 bits per heavy atom. The number of morpholine rings is 1. The van der Waals surface area contributed by atoms with Gasteiger partial charge in [0, 0.05) is 32.2 Å². The van der Waals surface area contributed by atoms with Crippen LogP contribution < -0.4 is 11.1 Å². The van der Waals surface area contributed by atoms with E-state index in [4.69, 9.17) is 10.5 Å². The van der Waals surface area contributed by atoms with Crippen molar-refractivity contribution in [3.8, 4) is 0 Å². The maximum atomic E-state index is 5.98. The van der Waals surface area contributed by atoms with Crippen LogP contribution >= 0.6 is 0 Å². The number of rotatable bonds is 8. The van der Waals surface area contributed by atoms with Crippen LogP contribution in [0.4, 0.5) is 0 Å². The summed E-state index contributed by atoms with van der Waals surface area (Å²) in [7, 11) is 0. The van der Waals surface area contributed by atoms with E-state index in [9.17, 15) is 0 Å². The molecule has 0 saturated carbocycles. The lowest BCUT2D eigenvalue weighted by atomic mass is 9.92. The molecular weight excluding hydrogens is 264 g/mol. The smallest absolute Gasteiger partial charge is 0.188 e. The van der Waals surface area contributed by atoms with Gasteiger partial charge in [-0.2, -0.15) is 0 Å². The highest BCUT2D eigenvalue weighted by atomic mass is 16.5. The van der Waals surface area contributed by atoms with Crippen LogP contribution in [0.5, 0.6) is 0 Å². The molecule has 1 saturated heterocycles. The van der Waals surface area contributed by atoms with Crippen LogP contribution in [0.15, 0.2) is 4.99 Å². The van der Waals surface area contributed by atoms with E-state index in [-0.39, 0.29) is 0 Å². The molecule has 1 atom stereocenters. The molecule has 1 rings (SSSR count). The first-order chi connectivity index (χ1) is 10.1. The molecule has 5 nitrogen and oxygen atoms in total. The molecule has 0 bridgehead atoms. The topological polar surface area (TPSA) is 62.9 Å². The highest BCUT2D eigenvalue weighted by molar-refractivity contribution is 5.77. The molecule has 0 aliphatic carbocycles. The Bertz CT molecular complexity index is 297. The summed E-state index contributed by atoms with van der Waals surface area (Å²) in [4.78, 5) is 6.94. The molecule has 1 aliphatic rings. The second kappa shape index (κ2) is 10.0. The Balaban J connectivity index is 2.57.